The Bertz CT molecular complexity index is 388. The van der Waals surface area contributed by atoms with E-state index in [0.29, 0.717) is 5.82 Å². The lowest BCUT2D eigenvalue weighted by atomic mass is 9.96. The van der Waals surface area contributed by atoms with Crippen molar-refractivity contribution in [1.29, 1.82) is 5.26 Å². The Morgan fingerprint density at radius 3 is 2.69 bits per heavy atom. The molecule has 0 aliphatic carbocycles. The zero-order valence-electron chi connectivity index (χ0n) is 10.2. The summed E-state index contributed by atoms with van der Waals surface area (Å²) >= 11 is 0. The van der Waals surface area contributed by atoms with E-state index in [1.807, 2.05) is 18.1 Å². The van der Waals surface area contributed by atoms with E-state index in [9.17, 15) is 0 Å². The van der Waals surface area contributed by atoms with Crippen molar-refractivity contribution in [2.45, 2.75) is 20.8 Å². The molecule has 0 aliphatic rings. The molecular weight excluding hydrogens is 202 g/mol. The summed E-state index contributed by atoms with van der Waals surface area (Å²) in [5.41, 5.74) is 0.197. The van der Waals surface area contributed by atoms with Gasteiger partial charge >= 0.3 is 0 Å². The minimum absolute atomic E-state index is 0.197. The van der Waals surface area contributed by atoms with Crippen molar-refractivity contribution in [3.05, 3.63) is 12.4 Å². The molecule has 1 N–H and O–H groups in total. The molecule has 0 spiro atoms. The van der Waals surface area contributed by atoms with Crippen LogP contribution in [0.4, 0.5) is 11.6 Å². The van der Waals surface area contributed by atoms with Gasteiger partial charge in [-0.2, -0.15) is 5.26 Å². The normalized spacial score (nSPS) is 10.7. The summed E-state index contributed by atoms with van der Waals surface area (Å²) in [6, 6.07) is 1.76. The van der Waals surface area contributed by atoms with Gasteiger partial charge in [0, 0.05) is 19.7 Å². The summed E-state index contributed by atoms with van der Waals surface area (Å²) in [4.78, 5) is 10.2. The van der Waals surface area contributed by atoms with Gasteiger partial charge in [0.25, 0.3) is 0 Å². The van der Waals surface area contributed by atoms with Crippen LogP contribution in [0.3, 0.4) is 0 Å². The van der Waals surface area contributed by atoms with Crippen LogP contribution in [-0.4, -0.2) is 23.6 Å². The molecule has 0 aromatic carbocycles. The second-order valence-corrected chi connectivity index (χ2v) is 4.91. The maximum atomic E-state index is 8.50. The molecule has 1 aromatic rings. The van der Waals surface area contributed by atoms with E-state index in [2.05, 4.69) is 36.1 Å². The molecule has 0 fully saturated rings. The third-order valence-electron chi connectivity index (χ3n) is 1.94. The van der Waals surface area contributed by atoms with Crippen molar-refractivity contribution in [3.8, 4) is 6.19 Å². The Morgan fingerprint density at radius 1 is 1.44 bits per heavy atom. The second kappa shape index (κ2) is 4.79. The number of hydrogen-bond acceptors (Lipinski definition) is 5. The van der Waals surface area contributed by atoms with Crippen LogP contribution in [0.15, 0.2) is 12.4 Å². The van der Waals surface area contributed by atoms with E-state index in [4.69, 9.17) is 5.26 Å². The molecular formula is C11H17N5. The van der Waals surface area contributed by atoms with Crippen molar-refractivity contribution in [3.63, 3.8) is 0 Å². The maximum Gasteiger partial charge on any atom is 0.182 e. The van der Waals surface area contributed by atoms with Crippen molar-refractivity contribution >= 4 is 11.6 Å². The van der Waals surface area contributed by atoms with E-state index in [-0.39, 0.29) is 5.41 Å². The predicted molar refractivity (Wildman–Crippen MR) is 64.0 cm³/mol. The molecule has 0 radical (unpaired) electrons. The SMILES string of the molecule is CN(CC(C)(C)C)c1cc(NC#N)ncn1. The monoisotopic (exact) mass is 219 g/mol. The molecule has 0 aliphatic heterocycles. The predicted octanol–water partition coefficient (Wildman–Crippen LogP) is 1.85. The second-order valence-electron chi connectivity index (χ2n) is 4.91. The molecule has 0 bridgehead atoms. The van der Waals surface area contributed by atoms with Gasteiger partial charge in [-0.25, -0.2) is 9.97 Å². The standard InChI is InChI=1S/C11H17N5/c1-11(2,3)6-16(4)10-5-9(13-7-12)14-8-15-10/h5,8H,6H2,1-4H3,(H,13,14,15). The van der Waals surface area contributed by atoms with Gasteiger partial charge < -0.3 is 4.90 Å². The van der Waals surface area contributed by atoms with Crippen LogP contribution >= 0.6 is 0 Å². The van der Waals surface area contributed by atoms with Gasteiger partial charge in [0.15, 0.2) is 6.19 Å². The number of nitriles is 1. The fourth-order valence-electron chi connectivity index (χ4n) is 1.47. The van der Waals surface area contributed by atoms with E-state index in [1.165, 1.54) is 6.33 Å². The van der Waals surface area contributed by atoms with E-state index >= 15 is 0 Å². The smallest absolute Gasteiger partial charge is 0.182 e. The third-order valence-corrected chi connectivity index (χ3v) is 1.94. The van der Waals surface area contributed by atoms with Crippen molar-refractivity contribution in [2.75, 3.05) is 23.8 Å². The number of aromatic nitrogens is 2. The van der Waals surface area contributed by atoms with Gasteiger partial charge in [-0.15, -0.1) is 0 Å². The topological polar surface area (TPSA) is 64.8 Å². The Balaban J connectivity index is 2.80. The maximum absolute atomic E-state index is 8.50. The molecule has 0 saturated carbocycles. The molecule has 0 saturated heterocycles. The lowest BCUT2D eigenvalue weighted by Crippen LogP contribution is -2.29. The summed E-state index contributed by atoms with van der Waals surface area (Å²) in [6.07, 6.45) is 3.29. The Morgan fingerprint density at radius 2 is 2.12 bits per heavy atom. The molecule has 1 heterocycles. The fraction of sp³-hybridized carbons (Fsp3) is 0.545. The minimum atomic E-state index is 0.197. The molecule has 0 amide bonds. The fourth-order valence-corrected chi connectivity index (χ4v) is 1.47. The first-order valence-corrected chi connectivity index (χ1v) is 5.11. The minimum Gasteiger partial charge on any atom is -0.359 e. The van der Waals surface area contributed by atoms with Crippen LogP contribution in [-0.2, 0) is 0 Å². The van der Waals surface area contributed by atoms with Crippen LogP contribution in [0, 0.1) is 16.9 Å². The lowest BCUT2D eigenvalue weighted by molar-refractivity contribution is 0.418. The van der Waals surface area contributed by atoms with Crippen LogP contribution in [0.1, 0.15) is 20.8 Å². The van der Waals surface area contributed by atoms with Gasteiger partial charge in [0.2, 0.25) is 0 Å². The quantitative estimate of drug-likeness (QED) is 0.621. The highest BCUT2D eigenvalue weighted by atomic mass is 15.2. The number of nitrogens with one attached hydrogen (secondary N) is 1. The number of hydrogen-bond donors (Lipinski definition) is 1. The average molecular weight is 219 g/mol. The lowest BCUT2D eigenvalue weighted by Gasteiger charge is -2.27. The molecule has 5 heteroatoms. The van der Waals surface area contributed by atoms with E-state index < -0.39 is 0 Å². The first kappa shape index (κ1) is 12.2. The number of nitrogens with zero attached hydrogens (tertiary/aromatic N) is 4. The van der Waals surface area contributed by atoms with Gasteiger partial charge in [0.05, 0.1) is 0 Å². The average Bonchev–Trinajstić information content (AvgIpc) is 2.16. The Hall–Kier alpha value is -1.83. The van der Waals surface area contributed by atoms with E-state index in [0.717, 1.165) is 12.4 Å². The van der Waals surface area contributed by atoms with Crippen molar-refractivity contribution in [2.24, 2.45) is 5.41 Å². The van der Waals surface area contributed by atoms with Crippen LogP contribution in [0.5, 0.6) is 0 Å². The molecule has 1 aromatic heterocycles. The molecule has 0 unspecified atom stereocenters. The van der Waals surface area contributed by atoms with Crippen LogP contribution < -0.4 is 10.2 Å². The van der Waals surface area contributed by atoms with Gasteiger partial charge in [-0.3, -0.25) is 5.32 Å². The molecule has 86 valence electrons. The Kier molecular flexibility index (Phi) is 3.67. The summed E-state index contributed by atoms with van der Waals surface area (Å²) in [5.74, 6) is 1.33. The van der Waals surface area contributed by atoms with Crippen molar-refractivity contribution in [1.82, 2.24) is 9.97 Å². The van der Waals surface area contributed by atoms with Crippen molar-refractivity contribution < 1.29 is 0 Å². The van der Waals surface area contributed by atoms with Gasteiger partial charge in [-0.05, 0) is 5.41 Å². The summed E-state index contributed by atoms with van der Waals surface area (Å²) < 4.78 is 0. The molecule has 0 atom stereocenters. The third kappa shape index (κ3) is 3.73. The van der Waals surface area contributed by atoms with Crippen LogP contribution in [0.25, 0.3) is 0 Å². The summed E-state index contributed by atoms with van der Waals surface area (Å²) in [6.45, 7) is 7.38. The number of anilines is 2. The molecule has 16 heavy (non-hydrogen) atoms. The zero-order valence-corrected chi connectivity index (χ0v) is 10.2. The van der Waals surface area contributed by atoms with Gasteiger partial charge in [0.1, 0.15) is 18.0 Å². The largest absolute Gasteiger partial charge is 0.359 e. The molecule has 5 nitrogen and oxygen atoms in total. The first-order valence-electron chi connectivity index (χ1n) is 5.11. The summed E-state index contributed by atoms with van der Waals surface area (Å²) in [7, 11) is 1.98. The Labute approximate surface area is 96.1 Å². The van der Waals surface area contributed by atoms with Crippen LogP contribution in [0.2, 0.25) is 0 Å². The first-order chi connectivity index (χ1) is 7.42. The highest BCUT2D eigenvalue weighted by Crippen LogP contribution is 2.19. The summed E-state index contributed by atoms with van der Waals surface area (Å²) in [5, 5.41) is 11.0. The highest BCUT2D eigenvalue weighted by molar-refractivity contribution is 5.49. The zero-order chi connectivity index (χ0) is 12.2. The molecule has 1 rings (SSSR count). The van der Waals surface area contributed by atoms with E-state index in [1.54, 1.807) is 6.07 Å². The van der Waals surface area contributed by atoms with Gasteiger partial charge in [-0.1, -0.05) is 20.8 Å². The highest BCUT2D eigenvalue weighted by Gasteiger charge is 2.14. The number of rotatable bonds is 3.